The summed E-state index contributed by atoms with van der Waals surface area (Å²) in [6.07, 6.45) is 4.62. The van der Waals surface area contributed by atoms with Gasteiger partial charge in [-0.15, -0.1) is 0 Å². The van der Waals surface area contributed by atoms with E-state index in [4.69, 9.17) is 4.74 Å². The molecule has 1 aromatic carbocycles. The van der Waals surface area contributed by atoms with Gasteiger partial charge >= 0.3 is 0 Å². The normalized spacial score (nSPS) is 15.0. The molecule has 1 aliphatic rings. The van der Waals surface area contributed by atoms with Gasteiger partial charge in [0.15, 0.2) is 0 Å². The topological polar surface area (TPSA) is 56.2 Å². The van der Waals surface area contributed by atoms with Crippen molar-refractivity contribution in [2.75, 3.05) is 6.61 Å². The largest absolute Gasteiger partial charge is 0.492 e. The zero-order chi connectivity index (χ0) is 16.6. The first-order valence-electron chi connectivity index (χ1n) is 7.90. The number of nitrogens with one attached hydrogen (secondary N) is 1. The lowest BCUT2D eigenvalue weighted by Crippen LogP contribution is -2.36. The Balaban J connectivity index is 1.89. The number of carbonyl (C=O) groups excluding carboxylic acids is 1. The van der Waals surface area contributed by atoms with Crippen molar-refractivity contribution < 1.29 is 9.53 Å². The van der Waals surface area contributed by atoms with Crippen molar-refractivity contribution in [1.82, 2.24) is 15.1 Å². The lowest BCUT2D eigenvalue weighted by molar-refractivity contribution is 0.0898. The standard InChI is InChI=1S/C18H23N3O2/c1-18(2,3)16(13-10-19-21(4)11-13)20-17(22)14-7-5-6-12-8-9-23-15(12)14/h5-7,10-11,16H,8-9H2,1-4H3,(H,20,22). The maximum absolute atomic E-state index is 12.8. The molecule has 0 aliphatic carbocycles. The molecule has 5 heteroatoms. The van der Waals surface area contributed by atoms with E-state index in [0.717, 1.165) is 23.3 Å². The van der Waals surface area contributed by atoms with E-state index in [-0.39, 0.29) is 17.4 Å². The number of nitrogens with zero attached hydrogens (tertiary/aromatic N) is 2. The van der Waals surface area contributed by atoms with Gasteiger partial charge in [-0.25, -0.2) is 0 Å². The zero-order valence-corrected chi connectivity index (χ0v) is 14.1. The maximum Gasteiger partial charge on any atom is 0.255 e. The van der Waals surface area contributed by atoms with Crippen LogP contribution in [0.25, 0.3) is 0 Å². The number of carbonyl (C=O) groups is 1. The fourth-order valence-electron chi connectivity index (χ4n) is 2.99. The van der Waals surface area contributed by atoms with Crippen molar-refractivity contribution in [3.05, 3.63) is 47.3 Å². The summed E-state index contributed by atoms with van der Waals surface area (Å²) in [6.45, 7) is 6.97. The minimum absolute atomic E-state index is 0.104. The molecule has 0 saturated heterocycles. The third-order valence-electron chi connectivity index (χ3n) is 4.16. The average molecular weight is 313 g/mol. The van der Waals surface area contributed by atoms with Crippen molar-refractivity contribution in [1.29, 1.82) is 0 Å². The number of ether oxygens (including phenoxy) is 1. The molecule has 0 saturated carbocycles. The molecule has 0 spiro atoms. The van der Waals surface area contributed by atoms with Crippen LogP contribution in [0.1, 0.15) is 48.3 Å². The summed E-state index contributed by atoms with van der Waals surface area (Å²) in [5, 5.41) is 7.39. The summed E-state index contributed by atoms with van der Waals surface area (Å²) in [5.41, 5.74) is 2.59. The highest BCUT2D eigenvalue weighted by Gasteiger charge is 2.30. The highest BCUT2D eigenvalue weighted by molar-refractivity contribution is 5.97. The van der Waals surface area contributed by atoms with Gasteiger partial charge in [0.05, 0.1) is 24.4 Å². The first-order chi connectivity index (χ1) is 10.9. The molecule has 3 rings (SSSR count). The predicted octanol–water partition coefficient (Wildman–Crippen LogP) is 2.87. The van der Waals surface area contributed by atoms with Crippen LogP contribution in [0.5, 0.6) is 5.75 Å². The molecule has 1 amide bonds. The minimum Gasteiger partial charge on any atom is -0.492 e. The quantitative estimate of drug-likeness (QED) is 0.948. The van der Waals surface area contributed by atoms with Gasteiger partial charge in [0.2, 0.25) is 0 Å². The Kier molecular flexibility index (Phi) is 3.88. The van der Waals surface area contributed by atoms with Crippen molar-refractivity contribution in [3.8, 4) is 5.75 Å². The summed E-state index contributed by atoms with van der Waals surface area (Å²) in [4.78, 5) is 12.8. The molecule has 1 unspecified atom stereocenters. The van der Waals surface area contributed by atoms with E-state index in [1.807, 2.05) is 37.6 Å². The van der Waals surface area contributed by atoms with Crippen molar-refractivity contribution in [2.24, 2.45) is 12.5 Å². The predicted molar refractivity (Wildman–Crippen MR) is 88.5 cm³/mol. The Morgan fingerprint density at radius 2 is 2.17 bits per heavy atom. The van der Waals surface area contributed by atoms with Gasteiger partial charge < -0.3 is 10.1 Å². The molecule has 1 aromatic heterocycles. The highest BCUT2D eigenvalue weighted by Crippen LogP contribution is 2.34. The van der Waals surface area contributed by atoms with Crippen LogP contribution in [0.3, 0.4) is 0 Å². The third-order valence-corrected chi connectivity index (χ3v) is 4.16. The van der Waals surface area contributed by atoms with Crippen molar-refractivity contribution in [3.63, 3.8) is 0 Å². The van der Waals surface area contributed by atoms with Crippen LogP contribution >= 0.6 is 0 Å². The number of benzene rings is 1. The van der Waals surface area contributed by atoms with Gasteiger partial charge in [-0.05, 0) is 17.0 Å². The van der Waals surface area contributed by atoms with E-state index in [1.165, 1.54) is 0 Å². The van der Waals surface area contributed by atoms with Gasteiger partial charge in [0.25, 0.3) is 5.91 Å². The van der Waals surface area contributed by atoms with E-state index in [1.54, 1.807) is 4.68 Å². The molecular formula is C18H23N3O2. The van der Waals surface area contributed by atoms with Crippen molar-refractivity contribution >= 4 is 5.91 Å². The van der Waals surface area contributed by atoms with Gasteiger partial charge in [0.1, 0.15) is 5.75 Å². The molecule has 1 N–H and O–H groups in total. The van der Waals surface area contributed by atoms with Crippen LogP contribution in [-0.2, 0) is 13.5 Å². The van der Waals surface area contributed by atoms with E-state index in [9.17, 15) is 4.79 Å². The Bertz CT molecular complexity index is 728. The number of amides is 1. The van der Waals surface area contributed by atoms with E-state index >= 15 is 0 Å². The first kappa shape index (κ1) is 15.6. The van der Waals surface area contributed by atoms with Crippen LogP contribution < -0.4 is 10.1 Å². The zero-order valence-electron chi connectivity index (χ0n) is 14.1. The smallest absolute Gasteiger partial charge is 0.255 e. The molecule has 1 atom stereocenters. The Hall–Kier alpha value is -2.30. The third kappa shape index (κ3) is 3.09. The van der Waals surface area contributed by atoms with E-state index in [2.05, 4.69) is 31.2 Å². The fraction of sp³-hybridized carbons (Fsp3) is 0.444. The lowest BCUT2D eigenvalue weighted by atomic mass is 9.83. The number of hydrogen-bond donors (Lipinski definition) is 1. The second kappa shape index (κ2) is 5.72. The minimum atomic E-state index is -0.127. The second-order valence-corrected chi connectivity index (χ2v) is 7.11. The molecule has 2 heterocycles. The molecule has 0 fully saturated rings. The maximum atomic E-state index is 12.8. The van der Waals surface area contributed by atoms with Gasteiger partial charge in [-0.3, -0.25) is 9.48 Å². The van der Waals surface area contributed by atoms with Crippen LogP contribution in [0, 0.1) is 5.41 Å². The molecule has 1 aliphatic heterocycles. The SMILES string of the molecule is Cn1cc(C(NC(=O)c2cccc3c2OCC3)C(C)(C)C)cn1. The number of aryl methyl sites for hydroxylation is 1. The highest BCUT2D eigenvalue weighted by atomic mass is 16.5. The first-order valence-corrected chi connectivity index (χ1v) is 7.90. The Morgan fingerprint density at radius 1 is 1.39 bits per heavy atom. The summed E-state index contributed by atoms with van der Waals surface area (Å²) in [6, 6.07) is 5.63. The molecule has 0 bridgehead atoms. The van der Waals surface area contributed by atoms with Crippen LogP contribution in [0.4, 0.5) is 0 Å². The molecule has 23 heavy (non-hydrogen) atoms. The number of para-hydroxylation sites is 1. The van der Waals surface area contributed by atoms with Gasteiger partial charge in [0, 0.05) is 25.2 Å². The second-order valence-electron chi connectivity index (χ2n) is 7.11. The number of rotatable bonds is 3. The van der Waals surface area contributed by atoms with Gasteiger partial charge in [-0.2, -0.15) is 5.10 Å². The average Bonchev–Trinajstić information content (AvgIpc) is 3.11. The Morgan fingerprint density at radius 3 is 2.83 bits per heavy atom. The summed E-state index contributed by atoms with van der Waals surface area (Å²) in [7, 11) is 1.88. The van der Waals surface area contributed by atoms with Gasteiger partial charge in [-0.1, -0.05) is 32.9 Å². The monoisotopic (exact) mass is 313 g/mol. The van der Waals surface area contributed by atoms with E-state index < -0.39 is 0 Å². The molecule has 0 radical (unpaired) electrons. The van der Waals surface area contributed by atoms with Crippen LogP contribution in [-0.4, -0.2) is 22.3 Å². The lowest BCUT2D eigenvalue weighted by Gasteiger charge is -2.31. The Labute approximate surface area is 136 Å². The molecule has 2 aromatic rings. The number of aromatic nitrogens is 2. The van der Waals surface area contributed by atoms with Crippen molar-refractivity contribution in [2.45, 2.75) is 33.2 Å². The molecule has 5 nitrogen and oxygen atoms in total. The number of hydrogen-bond acceptors (Lipinski definition) is 3. The summed E-state index contributed by atoms with van der Waals surface area (Å²) in [5.74, 6) is 0.622. The number of fused-ring (bicyclic) bond motifs is 1. The van der Waals surface area contributed by atoms with Crippen LogP contribution in [0.15, 0.2) is 30.6 Å². The fourth-order valence-corrected chi connectivity index (χ4v) is 2.99. The molecule has 122 valence electrons. The van der Waals surface area contributed by atoms with Crippen LogP contribution in [0.2, 0.25) is 0 Å². The summed E-state index contributed by atoms with van der Waals surface area (Å²) >= 11 is 0. The van der Waals surface area contributed by atoms with E-state index in [0.29, 0.717) is 12.2 Å². The summed E-state index contributed by atoms with van der Waals surface area (Å²) < 4.78 is 7.40. The molecular weight excluding hydrogens is 290 g/mol.